The van der Waals surface area contributed by atoms with E-state index in [9.17, 15) is 4.79 Å². The van der Waals surface area contributed by atoms with Crippen LogP contribution in [0.2, 0.25) is 0 Å². The summed E-state index contributed by atoms with van der Waals surface area (Å²) in [4.78, 5) is 16.8. The third-order valence-electron chi connectivity index (χ3n) is 4.37. The molecule has 0 radical (unpaired) electrons. The van der Waals surface area contributed by atoms with Crippen molar-refractivity contribution in [1.29, 1.82) is 0 Å². The Balaban J connectivity index is 1.78. The van der Waals surface area contributed by atoms with Crippen LogP contribution in [0.4, 0.5) is 0 Å². The molecule has 1 amide bonds. The molecule has 2 atom stereocenters. The number of carbonyl (C=O) groups excluding carboxylic acids is 1. The normalized spacial score (nSPS) is 28.3. The molecule has 2 heterocycles. The molecule has 0 aromatic heterocycles. The van der Waals surface area contributed by atoms with Crippen LogP contribution in [0.25, 0.3) is 0 Å². The van der Waals surface area contributed by atoms with Gasteiger partial charge >= 0.3 is 0 Å². The van der Waals surface area contributed by atoms with Crippen molar-refractivity contribution < 1.29 is 4.79 Å². The molecule has 0 aliphatic carbocycles. The van der Waals surface area contributed by atoms with Crippen molar-refractivity contribution in [2.45, 2.75) is 39.2 Å². The monoisotopic (exact) mass is 253 g/mol. The summed E-state index contributed by atoms with van der Waals surface area (Å²) in [7, 11) is 0. The van der Waals surface area contributed by atoms with Gasteiger partial charge in [-0.05, 0) is 44.8 Å². The first kappa shape index (κ1) is 13.8. The van der Waals surface area contributed by atoms with Gasteiger partial charge in [-0.25, -0.2) is 0 Å². The first-order chi connectivity index (χ1) is 8.74. The molecule has 0 saturated carbocycles. The van der Waals surface area contributed by atoms with Gasteiger partial charge in [0.15, 0.2) is 0 Å². The van der Waals surface area contributed by atoms with Gasteiger partial charge in [0.2, 0.25) is 5.91 Å². The summed E-state index contributed by atoms with van der Waals surface area (Å²) in [6.07, 6.45) is 3.35. The third kappa shape index (κ3) is 3.23. The standard InChI is InChI=1S/C14H27N3O/c1-3-16(4-2)10-12-7-9-17(11-12)14(18)13-6-5-8-15-13/h12-13,15H,3-11H2,1-2H3/t12?,13-/m0/s1. The summed E-state index contributed by atoms with van der Waals surface area (Å²) in [6.45, 7) is 10.7. The number of likely N-dealkylation sites (tertiary alicyclic amines) is 1. The highest BCUT2D eigenvalue weighted by Gasteiger charge is 2.32. The van der Waals surface area contributed by atoms with E-state index in [1.54, 1.807) is 0 Å². The van der Waals surface area contributed by atoms with E-state index in [2.05, 4.69) is 29.0 Å². The van der Waals surface area contributed by atoms with Crippen molar-refractivity contribution >= 4 is 5.91 Å². The molecule has 2 rings (SSSR count). The van der Waals surface area contributed by atoms with Crippen LogP contribution in [0.15, 0.2) is 0 Å². The molecule has 18 heavy (non-hydrogen) atoms. The molecular weight excluding hydrogens is 226 g/mol. The van der Waals surface area contributed by atoms with Gasteiger partial charge in [-0.1, -0.05) is 13.8 Å². The Morgan fingerprint density at radius 3 is 2.72 bits per heavy atom. The Hall–Kier alpha value is -0.610. The van der Waals surface area contributed by atoms with Crippen molar-refractivity contribution in [2.24, 2.45) is 5.92 Å². The maximum atomic E-state index is 12.3. The lowest BCUT2D eigenvalue weighted by molar-refractivity contribution is -0.132. The highest BCUT2D eigenvalue weighted by Crippen LogP contribution is 2.20. The van der Waals surface area contributed by atoms with Crippen LogP contribution in [0.5, 0.6) is 0 Å². The number of nitrogens with zero attached hydrogens (tertiary/aromatic N) is 2. The fourth-order valence-electron chi connectivity index (χ4n) is 3.14. The molecular formula is C14H27N3O. The predicted octanol–water partition coefficient (Wildman–Crippen LogP) is 0.929. The van der Waals surface area contributed by atoms with E-state index in [0.717, 1.165) is 52.1 Å². The number of rotatable bonds is 5. The lowest BCUT2D eigenvalue weighted by Gasteiger charge is -2.24. The third-order valence-corrected chi connectivity index (χ3v) is 4.37. The largest absolute Gasteiger partial charge is 0.341 e. The zero-order valence-corrected chi connectivity index (χ0v) is 11.8. The molecule has 2 aliphatic heterocycles. The molecule has 2 aliphatic rings. The summed E-state index contributed by atoms with van der Waals surface area (Å²) in [5, 5.41) is 3.31. The van der Waals surface area contributed by atoms with Gasteiger partial charge in [-0.2, -0.15) is 0 Å². The van der Waals surface area contributed by atoms with Crippen molar-refractivity contribution in [3.05, 3.63) is 0 Å². The molecule has 2 fully saturated rings. The summed E-state index contributed by atoms with van der Waals surface area (Å²) >= 11 is 0. The second kappa shape index (κ2) is 6.53. The average Bonchev–Trinajstić information content (AvgIpc) is 3.06. The predicted molar refractivity (Wildman–Crippen MR) is 73.5 cm³/mol. The smallest absolute Gasteiger partial charge is 0.239 e. The Morgan fingerprint density at radius 2 is 2.11 bits per heavy atom. The first-order valence-electron chi connectivity index (χ1n) is 7.49. The lowest BCUT2D eigenvalue weighted by Crippen LogP contribution is -2.43. The van der Waals surface area contributed by atoms with Crippen LogP contribution >= 0.6 is 0 Å². The van der Waals surface area contributed by atoms with E-state index in [-0.39, 0.29) is 6.04 Å². The van der Waals surface area contributed by atoms with E-state index in [1.807, 2.05) is 0 Å². The first-order valence-corrected chi connectivity index (χ1v) is 7.49. The topological polar surface area (TPSA) is 35.6 Å². The molecule has 1 N–H and O–H groups in total. The zero-order chi connectivity index (χ0) is 13.0. The van der Waals surface area contributed by atoms with E-state index in [1.165, 1.54) is 6.42 Å². The van der Waals surface area contributed by atoms with Crippen LogP contribution in [-0.2, 0) is 4.79 Å². The molecule has 4 nitrogen and oxygen atoms in total. The van der Waals surface area contributed by atoms with E-state index < -0.39 is 0 Å². The Bertz CT molecular complexity index is 272. The van der Waals surface area contributed by atoms with Gasteiger partial charge in [0, 0.05) is 19.6 Å². The van der Waals surface area contributed by atoms with Crippen LogP contribution in [0.1, 0.15) is 33.1 Å². The van der Waals surface area contributed by atoms with E-state index >= 15 is 0 Å². The number of hydrogen-bond donors (Lipinski definition) is 1. The van der Waals surface area contributed by atoms with Crippen LogP contribution in [-0.4, -0.2) is 61.0 Å². The van der Waals surface area contributed by atoms with Gasteiger partial charge in [0.1, 0.15) is 0 Å². The van der Waals surface area contributed by atoms with Crippen LogP contribution in [0, 0.1) is 5.92 Å². The molecule has 4 heteroatoms. The molecule has 0 aromatic carbocycles. The van der Waals surface area contributed by atoms with Crippen LogP contribution in [0.3, 0.4) is 0 Å². The highest BCUT2D eigenvalue weighted by atomic mass is 16.2. The summed E-state index contributed by atoms with van der Waals surface area (Å²) in [5.74, 6) is 1.02. The minimum atomic E-state index is 0.109. The summed E-state index contributed by atoms with van der Waals surface area (Å²) in [5.41, 5.74) is 0. The minimum absolute atomic E-state index is 0.109. The minimum Gasteiger partial charge on any atom is -0.341 e. The number of hydrogen-bond acceptors (Lipinski definition) is 3. The van der Waals surface area contributed by atoms with E-state index in [0.29, 0.717) is 11.8 Å². The fraction of sp³-hybridized carbons (Fsp3) is 0.929. The Morgan fingerprint density at radius 1 is 1.33 bits per heavy atom. The van der Waals surface area contributed by atoms with Crippen molar-refractivity contribution in [3.8, 4) is 0 Å². The van der Waals surface area contributed by atoms with Gasteiger partial charge in [-0.3, -0.25) is 4.79 Å². The molecule has 0 spiro atoms. The maximum absolute atomic E-state index is 12.3. The second-order valence-corrected chi connectivity index (χ2v) is 5.57. The van der Waals surface area contributed by atoms with Crippen molar-refractivity contribution in [2.75, 3.05) is 39.3 Å². The zero-order valence-electron chi connectivity index (χ0n) is 11.8. The Labute approximate surface area is 111 Å². The highest BCUT2D eigenvalue weighted by molar-refractivity contribution is 5.82. The second-order valence-electron chi connectivity index (χ2n) is 5.57. The number of nitrogens with one attached hydrogen (secondary N) is 1. The molecule has 2 saturated heterocycles. The Kier molecular flexibility index (Phi) is 5.01. The van der Waals surface area contributed by atoms with E-state index in [4.69, 9.17) is 0 Å². The number of carbonyl (C=O) groups is 1. The molecule has 0 aromatic rings. The molecule has 1 unspecified atom stereocenters. The number of amides is 1. The van der Waals surface area contributed by atoms with Crippen LogP contribution < -0.4 is 5.32 Å². The lowest BCUT2D eigenvalue weighted by atomic mass is 10.1. The van der Waals surface area contributed by atoms with Crippen molar-refractivity contribution in [3.63, 3.8) is 0 Å². The maximum Gasteiger partial charge on any atom is 0.239 e. The molecule has 104 valence electrons. The van der Waals surface area contributed by atoms with Crippen molar-refractivity contribution in [1.82, 2.24) is 15.1 Å². The van der Waals surface area contributed by atoms with Gasteiger partial charge in [0.25, 0.3) is 0 Å². The quantitative estimate of drug-likeness (QED) is 0.792. The summed E-state index contributed by atoms with van der Waals surface area (Å²) < 4.78 is 0. The van der Waals surface area contributed by atoms with Gasteiger partial charge in [-0.15, -0.1) is 0 Å². The molecule has 0 bridgehead atoms. The summed E-state index contributed by atoms with van der Waals surface area (Å²) in [6, 6.07) is 0.109. The average molecular weight is 253 g/mol. The van der Waals surface area contributed by atoms with Gasteiger partial charge < -0.3 is 15.1 Å². The fourth-order valence-corrected chi connectivity index (χ4v) is 3.14. The SMILES string of the molecule is CCN(CC)CC1CCN(C(=O)[C@@H]2CCCN2)C1. The van der Waals surface area contributed by atoms with Gasteiger partial charge in [0.05, 0.1) is 6.04 Å².